The van der Waals surface area contributed by atoms with Crippen LogP contribution in [-0.2, 0) is 0 Å². The van der Waals surface area contributed by atoms with Crippen LogP contribution in [0.2, 0.25) is 0 Å². The Bertz CT molecular complexity index is 257. The van der Waals surface area contributed by atoms with Crippen molar-refractivity contribution in [2.24, 2.45) is 0 Å². The van der Waals surface area contributed by atoms with E-state index in [9.17, 15) is 4.79 Å². The molecule has 1 aromatic heterocycles. The van der Waals surface area contributed by atoms with Gasteiger partial charge in [0, 0.05) is 0 Å². The highest BCUT2D eigenvalue weighted by Crippen LogP contribution is 1.83. The average Bonchev–Trinajstić information content (AvgIpc) is 2.17. The molecule has 0 aromatic carbocycles. The van der Waals surface area contributed by atoms with E-state index in [1.165, 1.54) is 0 Å². The average molecular weight is 125 g/mol. The van der Waals surface area contributed by atoms with Gasteiger partial charge in [-0.05, 0) is 13.0 Å². The van der Waals surface area contributed by atoms with Gasteiger partial charge in [0.2, 0.25) is 0 Å². The first kappa shape index (κ1) is 5.81. The minimum absolute atomic E-state index is 0.275. The van der Waals surface area contributed by atoms with Crippen molar-refractivity contribution >= 4 is 6.08 Å². The maximum absolute atomic E-state index is 10.4. The molecule has 0 aliphatic rings. The lowest BCUT2D eigenvalue weighted by Gasteiger charge is -1.73. The van der Waals surface area contributed by atoms with E-state index < -0.39 is 0 Å². The molecule has 0 unspecified atom stereocenters. The second-order valence-corrected chi connectivity index (χ2v) is 1.56. The summed E-state index contributed by atoms with van der Waals surface area (Å²) in [6.45, 7) is 1.85. The Kier molecular flexibility index (Phi) is 1.48. The molecule has 0 spiro atoms. The van der Waals surface area contributed by atoms with Gasteiger partial charge in [-0.25, -0.2) is 9.89 Å². The Hall–Kier alpha value is -1.32. The molecule has 0 aliphatic heterocycles. The number of H-pyrrole nitrogens is 2. The Morgan fingerprint density at radius 2 is 2.44 bits per heavy atom. The molecule has 0 atom stereocenters. The maximum atomic E-state index is 10.4. The summed E-state index contributed by atoms with van der Waals surface area (Å²) in [6.07, 6.45) is 3.50. The molecule has 0 saturated heterocycles. The molecule has 0 bridgehead atoms. The molecule has 2 N–H and O–H groups in total. The van der Waals surface area contributed by atoms with Crippen molar-refractivity contribution in [3.05, 3.63) is 22.4 Å². The smallest absolute Gasteiger partial charge is 0.289 e. The first-order valence-corrected chi connectivity index (χ1v) is 2.60. The Labute approximate surface area is 51.6 Å². The number of rotatable bonds is 1. The maximum Gasteiger partial charge on any atom is 0.340 e. The van der Waals surface area contributed by atoms with Crippen LogP contribution in [-0.4, -0.2) is 15.2 Å². The largest absolute Gasteiger partial charge is 0.340 e. The van der Waals surface area contributed by atoms with Crippen LogP contribution in [0.25, 0.3) is 6.08 Å². The van der Waals surface area contributed by atoms with Crippen molar-refractivity contribution in [2.45, 2.75) is 6.92 Å². The number of allylic oxidation sites excluding steroid dienone is 1. The first-order valence-electron chi connectivity index (χ1n) is 2.60. The highest BCUT2D eigenvalue weighted by molar-refractivity contribution is 5.37. The molecule has 48 valence electrons. The highest BCUT2D eigenvalue weighted by Gasteiger charge is 1.87. The molecular formula is C5H7N3O. The minimum Gasteiger partial charge on any atom is -0.289 e. The zero-order valence-corrected chi connectivity index (χ0v) is 5.01. The third kappa shape index (κ3) is 1.28. The van der Waals surface area contributed by atoms with Gasteiger partial charge in [-0.1, -0.05) is 6.08 Å². The normalized spacial score (nSPS) is 10.8. The highest BCUT2D eigenvalue weighted by atomic mass is 16.1. The molecule has 1 heterocycles. The van der Waals surface area contributed by atoms with Crippen LogP contribution in [0, 0.1) is 0 Å². The lowest BCUT2D eigenvalue weighted by atomic mass is 10.5. The predicted octanol–water partition coefficient (Wildman–Crippen LogP) is 0.131. The summed E-state index contributed by atoms with van der Waals surface area (Å²) in [7, 11) is 0. The zero-order valence-electron chi connectivity index (χ0n) is 5.01. The number of nitrogens with one attached hydrogen (secondary N) is 2. The van der Waals surface area contributed by atoms with Gasteiger partial charge < -0.3 is 0 Å². The van der Waals surface area contributed by atoms with Crippen LogP contribution < -0.4 is 5.69 Å². The zero-order chi connectivity index (χ0) is 6.69. The van der Waals surface area contributed by atoms with Crippen molar-refractivity contribution in [2.75, 3.05) is 0 Å². The second kappa shape index (κ2) is 2.30. The number of aromatic amines is 2. The van der Waals surface area contributed by atoms with Gasteiger partial charge >= 0.3 is 5.69 Å². The monoisotopic (exact) mass is 125 g/mol. The number of hydrogen-bond donors (Lipinski definition) is 2. The summed E-state index contributed by atoms with van der Waals surface area (Å²) in [5.74, 6) is 0.558. The lowest BCUT2D eigenvalue weighted by molar-refractivity contribution is 1.04. The van der Waals surface area contributed by atoms with Gasteiger partial charge in [0.25, 0.3) is 0 Å². The summed E-state index contributed by atoms with van der Waals surface area (Å²) < 4.78 is 0. The van der Waals surface area contributed by atoms with Crippen molar-refractivity contribution < 1.29 is 0 Å². The summed E-state index contributed by atoms with van der Waals surface area (Å²) >= 11 is 0. The SMILES string of the molecule is CC=Cc1n[nH]c(=O)[nH]1. The Morgan fingerprint density at radius 1 is 1.67 bits per heavy atom. The van der Waals surface area contributed by atoms with Gasteiger partial charge in [-0.15, -0.1) is 0 Å². The standard InChI is InChI=1S/C5H7N3O/c1-2-3-4-6-5(9)8-7-4/h2-3H,1H3,(H2,6,7,8,9). The van der Waals surface area contributed by atoms with Crippen LogP contribution in [0.1, 0.15) is 12.7 Å². The minimum atomic E-state index is -0.275. The van der Waals surface area contributed by atoms with E-state index in [1.54, 1.807) is 12.2 Å². The third-order valence-corrected chi connectivity index (χ3v) is 0.844. The second-order valence-electron chi connectivity index (χ2n) is 1.56. The fourth-order valence-corrected chi connectivity index (χ4v) is 0.520. The van der Waals surface area contributed by atoms with E-state index in [0.717, 1.165) is 0 Å². The molecule has 0 fully saturated rings. The van der Waals surface area contributed by atoms with E-state index in [-0.39, 0.29) is 5.69 Å². The summed E-state index contributed by atoms with van der Waals surface area (Å²) in [6, 6.07) is 0. The van der Waals surface area contributed by atoms with Crippen LogP contribution in [0.3, 0.4) is 0 Å². The topological polar surface area (TPSA) is 61.5 Å². The van der Waals surface area contributed by atoms with E-state index >= 15 is 0 Å². The number of hydrogen-bond acceptors (Lipinski definition) is 2. The van der Waals surface area contributed by atoms with Crippen LogP contribution in [0.15, 0.2) is 10.9 Å². The molecule has 0 radical (unpaired) electrons. The van der Waals surface area contributed by atoms with Crippen LogP contribution >= 0.6 is 0 Å². The van der Waals surface area contributed by atoms with E-state index in [0.29, 0.717) is 5.82 Å². The quantitative estimate of drug-likeness (QED) is 0.560. The van der Waals surface area contributed by atoms with Crippen molar-refractivity contribution in [3.8, 4) is 0 Å². The predicted molar refractivity (Wildman–Crippen MR) is 33.9 cm³/mol. The lowest BCUT2D eigenvalue weighted by Crippen LogP contribution is -2.00. The fraction of sp³-hybridized carbons (Fsp3) is 0.200. The molecule has 1 aromatic rings. The van der Waals surface area contributed by atoms with Gasteiger partial charge in [-0.3, -0.25) is 4.98 Å². The van der Waals surface area contributed by atoms with E-state index in [4.69, 9.17) is 0 Å². The van der Waals surface area contributed by atoms with Crippen molar-refractivity contribution in [1.82, 2.24) is 15.2 Å². The summed E-state index contributed by atoms with van der Waals surface area (Å²) in [4.78, 5) is 12.8. The Morgan fingerprint density at radius 3 is 2.89 bits per heavy atom. The third-order valence-electron chi connectivity index (χ3n) is 0.844. The molecule has 4 heteroatoms. The van der Waals surface area contributed by atoms with E-state index in [2.05, 4.69) is 15.2 Å². The Balaban J connectivity index is 2.98. The molecule has 0 aliphatic carbocycles. The molecule has 9 heavy (non-hydrogen) atoms. The van der Waals surface area contributed by atoms with Crippen molar-refractivity contribution in [1.29, 1.82) is 0 Å². The van der Waals surface area contributed by atoms with Gasteiger partial charge in [-0.2, -0.15) is 5.10 Å². The summed E-state index contributed by atoms with van der Waals surface area (Å²) in [5.41, 5.74) is -0.275. The van der Waals surface area contributed by atoms with Gasteiger partial charge in [0.15, 0.2) is 5.82 Å². The molecule has 0 saturated carbocycles. The van der Waals surface area contributed by atoms with E-state index in [1.807, 2.05) is 6.92 Å². The number of nitrogens with zero attached hydrogens (tertiary/aromatic N) is 1. The van der Waals surface area contributed by atoms with Crippen LogP contribution in [0.5, 0.6) is 0 Å². The van der Waals surface area contributed by atoms with Gasteiger partial charge in [0.1, 0.15) is 0 Å². The fourth-order valence-electron chi connectivity index (χ4n) is 0.520. The number of aromatic nitrogens is 3. The molecular weight excluding hydrogens is 118 g/mol. The van der Waals surface area contributed by atoms with Gasteiger partial charge in [0.05, 0.1) is 0 Å². The molecule has 4 nitrogen and oxygen atoms in total. The molecule has 0 amide bonds. The van der Waals surface area contributed by atoms with Crippen LogP contribution in [0.4, 0.5) is 0 Å². The molecule has 1 rings (SSSR count). The summed E-state index contributed by atoms with van der Waals surface area (Å²) in [5, 5.41) is 5.87. The van der Waals surface area contributed by atoms with Crippen molar-refractivity contribution in [3.63, 3.8) is 0 Å². The first-order chi connectivity index (χ1) is 4.33.